The van der Waals surface area contributed by atoms with E-state index < -0.39 is 0 Å². The van der Waals surface area contributed by atoms with Crippen LogP contribution in [0.5, 0.6) is 5.75 Å². The Morgan fingerprint density at radius 1 is 1.53 bits per heavy atom. The number of hydrogen-bond acceptors (Lipinski definition) is 2. The highest BCUT2D eigenvalue weighted by Gasteiger charge is 2.23. The van der Waals surface area contributed by atoms with Gasteiger partial charge in [-0.25, -0.2) is 0 Å². The molecule has 0 saturated carbocycles. The number of rotatable bonds is 4. The van der Waals surface area contributed by atoms with Crippen molar-refractivity contribution in [1.82, 2.24) is 5.32 Å². The Labute approximate surface area is 95.6 Å². The zero-order chi connectivity index (χ0) is 10.7. The fourth-order valence-corrected chi connectivity index (χ4v) is 1.91. The molecule has 0 radical (unpaired) electrons. The van der Waals surface area contributed by atoms with Gasteiger partial charge in [0.05, 0.1) is 6.61 Å². The van der Waals surface area contributed by atoms with Crippen LogP contribution in [0, 0.1) is 0 Å². The molecule has 1 aliphatic heterocycles. The zero-order valence-corrected chi connectivity index (χ0v) is 9.63. The molecule has 0 aromatic heterocycles. The first-order valence-electron chi connectivity index (χ1n) is 5.32. The Hall–Kier alpha value is -0.730. The van der Waals surface area contributed by atoms with Crippen molar-refractivity contribution in [2.75, 3.05) is 19.0 Å². The van der Waals surface area contributed by atoms with Crippen LogP contribution in [0.3, 0.4) is 0 Å². The van der Waals surface area contributed by atoms with Crippen molar-refractivity contribution in [1.29, 1.82) is 0 Å². The van der Waals surface area contributed by atoms with Gasteiger partial charge >= 0.3 is 0 Å². The minimum Gasteiger partial charge on any atom is -0.493 e. The highest BCUT2D eigenvalue weighted by molar-refractivity contribution is 6.18. The van der Waals surface area contributed by atoms with Crippen molar-refractivity contribution in [2.45, 2.75) is 18.9 Å². The molecule has 15 heavy (non-hydrogen) atoms. The topological polar surface area (TPSA) is 21.3 Å². The third-order valence-corrected chi connectivity index (χ3v) is 3.21. The van der Waals surface area contributed by atoms with E-state index in [2.05, 4.69) is 24.4 Å². The molecule has 1 aromatic carbocycles. The number of para-hydroxylation sites is 1. The monoisotopic (exact) mass is 225 g/mol. The molecule has 82 valence electrons. The first-order chi connectivity index (χ1) is 7.31. The summed E-state index contributed by atoms with van der Waals surface area (Å²) in [5.41, 5.74) is 1.31. The number of benzene rings is 1. The van der Waals surface area contributed by atoms with Crippen LogP contribution < -0.4 is 10.1 Å². The van der Waals surface area contributed by atoms with Crippen molar-refractivity contribution in [3.05, 3.63) is 29.8 Å². The fourth-order valence-electron chi connectivity index (χ4n) is 1.80. The van der Waals surface area contributed by atoms with E-state index in [0.717, 1.165) is 18.9 Å². The predicted molar refractivity (Wildman–Crippen MR) is 62.9 cm³/mol. The van der Waals surface area contributed by atoms with Crippen LogP contribution in [-0.4, -0.2) is 25.1 Å². The van der Waals surface area contributed by atoms with Crippen molar-refractivity contribution in [3.63, 3.8) is 0 Å². The maximum Gasteiger partial charge on any atom is 0.122 e. The molecule has 2 atom stereocenters. The Balaban J connectivity index is 1.96. The highest BCUT2D eigenvalue weighted by atomic mass is 35.5. The Kier molecular flexibility index (Phi) is 3.49. The normalized spacial score (nSPS) is 20.8. The minimum atomic E-state index is 0.361. The van der Waals surface area contributed by atoms with E-state index in [1.807, 2.05) is 12.1 Å². The molecule has 1 aliphatic rings. The van der Waals surface area contributed by atoms with E-state index in [1.54, 1.807) is 0 Å². The number of alkyl halides is 1. The second kappa shape index (κ2) is 4.86. The molecule has 2 rings (SSSR count). The lowest BCUT2D eigenvalue weighted by Crippen LogP contribution is -2.32. The lowest BCUT2D eigenvalue weighted by atomic mass is 10.0. The fraction of sp³-hybridized carbons (Fsp3) is 0.500. The molecule has 2 unspecified atom stereocenters. The minimum absolute atomic E-state index is 0.361. The van der Waals surface area contributed by atoms with E-state index in [1.165, 1.54) is 5.56 Å². The van der Waals surface area contributed by atoms with Gasteiger partial charge < -0.3 is 10.1 Å². The summed E-state index contributed by atoms with van der Waals surface area (Å²) in [7, 11) is 0. The van der Waals surface area contributed by atoms with Gasteiger partial charge in [0.2, 0.25) is 0 Å². The van der Waals surface area contributed by atoms with Crippen LogP contribution >= 0.6 is 11.6 Å². The van der Waals surface area contributed by atoms with Crippen LogP contribution in [0.15, 0.2) is 24.3 Å². The van der Waals surface area contributed by atoms with Crippen LogP contribution in [0.25, 0.3) is 0 Å². The van der Waals surface area contributed by atoms with E-state index >= 15 is 0 Å². The number of halogens is 1. The van der Waals surface area contributed by atoms with Crippen LogP contribution in [0.2, 0.25) is 0 Å². The van der Waals surface area contributed by atoms with E-state index in [4.69, 9.17) is 16.3 Å². The van der Waals surface area contributed by atoms with Crippen LogP contribution in [0.1, 0.15) is 18.4 Å². The lowest BCUT2D eigenvalue weighted by molar-refractivity contribution is 0.324. The Bertz CT molecular complexity index is 329. The van der Waals surface area contributed by atoms with E-state index in [0.29, 0.717) is 17.8 Å². The van der Waals surface area contributed by atoms with Crippen LogP contribution in [-0.2, 0) is 0 Å². The molecule has 1 N–H and O–H groups in total. The predicted octanol–water partition coefficient (Wildman–Crippen LogP) is 2.38. The third kappa shape index (κ3) is 2.44. The smallest absolute Gasteiger partial charge is 0.122 e. The molecular weight excluding hydrogens is 210 g/mol. The van der Waals surface area contributed by atoms with Gasteiger partial charge in [-0.1, -0.05) is 18.2 Å². The second-order valence-electron chi connectivity index (χ2n) is 4.01. The molecule has 0 amide bonds. The first kappa shape index (κ1) is 10.8. The van der Waals surface area contributed by atoms with E-state index in [9.17, 15) is 0 Å². The second-order valence-corrected chi connectivity index (χ2v) is 4.32. The molecule has 3 heteroatoms. The van der Waals surface area contributed by atoms with Gasteiger partial charge in [-0.15, -0.1) is 11.6 Å². The molecule has 0 bridgehead atoms. The third-order valence-electron chi connectivity index (χ3n) is 2.74. The standard InChI is InChI=1S/C12H16ClNO/c1-9(6-13)14-7-10-8-15-12-5-3-2-4-11(10)12/h2-5,9-10,14H,6-8H2,1H3. The Morgan fingerprint density at radius 3 is 3.13 bits per heavy atom. The van der Waals surface area contributed by atoms with Gasteiger partial charge in [-0.2, -0.15) is 0 Å². The summed E-state index contributed by atoms with van der Waals surface area (Å²) in [6.45, 7) is 3.81. The van der Waals surface area contributed by atoms with Gasteiger partial charge in [0.1, 0.15) is 5.75 Å². The van der Waals surface area contributed by atoms with Crippen LogP contribution in [0.4, 0.5) is 0 Å². The maximum absolute atomic E-state index is 5.74. The van der Waals surface area contributed by atoms with Gasteiger partial charge in [0, 0.05) is 29.9 Å². The molecule has 2 nitrogen and oxygen atoms in total. The van der Waals surface area contributed by atoms with Gasteiger partial charge in [0.15, 0.2) is 0 Å². The summed E-state index contributed by atoms with van der Waals surface area (Å²) in [6.07, 6.45) is 0. The maximum atomic E-state index is 5.74. The highest BCUT2D eigenvalue weighted by Crippen LogP contribution is 2.32. The molecule has 1 aromatic rings. The summed E-state index contributed by atoms with van der Waals surface area (Å²) in [5.74, 6) is 2.14. The summed E-state index contributed by atoms with van der Waals surface area (Å²) in [4.78, 5) is 0. The number of fused-ring (bicyclic) bond motifs is 1. The zero-order valence-electron chi connectivity index (χ0n) is 8.87. The largest absolute Gasteiger partial charge is 0.493 e. The first-order valence-corrected chi connectivity index (χ1v) is 5.85. The quantitative estimate of drug-likeness (QED) is 0.795. The average Bonchev–Trinajstić information content (AvgIpc) is 2.69. The molecule has 0 aliphatic carbocycles. The summed E-state index contributed by atoms with van der Waals surface area (Å²) >= 11 is 5.74. The average molecular weight is 226 g/mol. The van der Waals surface area contributed by atoms with Gasteiger partial charge in [-0.05, 0) is 13.0 Å². The van der Waals surface area contributed by atoms with Gasteiger partial charge in [0.25, 0.3) is 0 Å². The molecule has 0 saturated heterocycles. The number of ether oxygens (including phenoxy) is 1. The number of hydrogen-bond donors (Lipinski definition) is 1. The lowest BCUT2D eigenvalue weighted by Gasteiger charge is -2.14. The van der Waals surface area contributed by atoms with Crippen molar-refractivity contribution in [2.24, 2.45) is 0 Å². The van der Waals surface area contributed by atoms with Crippen molar-refractivity contribution < 1.29 is 4.74 Å². The number of nitrogens with one attached hydrogen (secondary N) is 1. The SMILES string of the molecule is CC(CCl)NCC1COc2ccccc21. The van der Waals surface area contributed by atoms with E-state index in [-0.39, 0.29) is 0 Å². The summed E-state index contributed by atoms with van der Waals surface area (Å²) in [5, 5.41) is 3.40. The van der Waals surface area contributed by atoms with Gasteiger partial charge in [-0.3, -0.25) is 0 Å². The van der Waals surface area contributed by atoms with Crippen molar-refractivity contribution in [3.8, 4) is 5.75 Å². The van der Waals surface area contributed by atoms with Crippen molar-refractivity contribution >= 4 is 11.6 Å². The molecular formula is C12H16ClNO. The molecule has 0 fully saturated rings. The Morgan fingerprint density at radius 2 is 2.33 bits per heavy atom. The molecule has 0 spiro atoms. The summed E-state index contributed by atoms with van der Waals surface area (Å²) in [6, 6.07) is 8.60. The summed E-state index contributed by atoms with van der Waals surface area (Å²) < 4.78 is 5.60. The molecule has 1 heterocycles.